The first kappa shape index (κ1) is 65.3. The van der Waals surface area contributed by atoms with E-state index in [0.717, 1.165) is 6.29 Å². The summed E-state index contributed by atoms with van der Waals surface area (Å²) in [6.07, 6.45) is 3.70. The summed E-state index contributed by atoms with van der Waals surface area (Å²) >= 11 is 2.28. The van der Waals surface area contributed by atoms with Crippen molar-refractivity contribution in [3.63, 3.8) is 0 Å². The minimum Gasteiger partial charge on any atom is -0.455 e. The van der Waals surface area contributed by atoms with E-state index in [0.29, 0.717) is 54.9 Å². The Bertz CT molecular complexity index is 2270. The van der Waals surface area contributed by atoms with Crippen molar-refractivity contribution in [3.05, 3.63) is 60.4 Å². The molecule has 0 radical (unpaired) electrons. The third-order valence-corrected chi connectivity index (χ3v) is 33.0. The summed E-state index contributed by atoms with van der Waals surface area (Å²) in [6.45, 7) is 38.3. The van der Waals surface area contributed by atoms with Crippen molar-refractivity contribution in [3.8, 4) is 0 Å². The largest absolute Gasteiger partial charge is 0.534 e. The highest BCUT2D eigenvalue weighted by Crippen LogP contribution is 2.49. The summed E-state index contributed by atoms with van der Waals surface area (Å²) in [5.74, 6) is -1.74. The van der Waals surface area contributed by atoms with Gasteiger partial charge in [-0.25, -0.2) is 4.79 Å². The van der Waals surface area contributed by atoms with Crippen LogP contribution in [0.3, 0.4) is 0 Å². The number of fused-ring (bicyclic) bond motifs is 2. The van der Waals surface area contributed by atoms with Crippen LogP contribution < -0.4 is 0 Å². The Hall–Kier alpha value is -1.52. The Morgan fingerprint density at radius 3 is 1.95 bits per heavy atom. The molecule has 4 heterocycles. The van der Waals surface area contributed by atoms with Gasteiger partial charge in [-0.2, -0.15) is 21.6 Å². The van der Waals surface area contributed by atoms with E-state index < -0.39 is 107 Å². The monoisotopic (exact) mass is 1260 g/mol. The van der Waals surface area contributed by atoms with Crippen LogP contribution >= 0.6 is 22.6 Å². The quantitative estimate of drug-likeness (QED) is 0.0125. The molecule has 21 heteroatoms. The van der Waals surface area contributed by atoms with Gasteiger partial charge in [0.05, 0.1) is 42.2 Å². The number of alkyl halides is 4. The molecular formula is C55H90F3IO13SSi3. The predicted octanol–water partition coefficient (Wildman–Crippen LogP) is 13.5. The van der Waals surface area contributed by atoms with Gasteiger partial charge in [0, 0.05) is 23.2 Å². The molecule has 0 bridgehead atoms. The summed E-state index contributed by atoms with van der Waals surface area (Å²) in [5, 5.41) is -0.565. The molecule has 76 heavy (non-hydrogen) atoms. The normalized spacial score (nSPS) is 29.5. The van der Waals surface area contributed by atoms with Gasteiger partial charge in [-0.05, 0) is 118 Å². The van der Waals surface area contributed by atoms with Gasteiger partial charge >= 0.3 is 21.6 Å². The van der Waals surface area contributed by atoms with E-state index in [1.54, 1.807) is 31.2 Å². The molecule has 13 atom stereocenters. The molecule has 0 spiro atoms. The van der Waals surface area contributed by atoms with Crippen LogP contribution in [0.5, 0.6) is 0 Å². The minimum atomic E-state index is -5.85. The molecule has 13 nitrogen and oxygen atoms in total. The van der Waals surface area contributed by atoms with Gasteiger partial charge in [0.1, 0.15) is 48.2 Å². The predicted molar refractivity (Wildman–Crippen MR) is 305 cm³/mol. The first-order valence-corrected chi connectivity index (χ1v) is 38.7. The van der Waals surface area contributed by atoms with Crippen LogP contribution in [-0.4, -0.2) is 128 Å². The standard InChI is InChI=1S/C55H90F3IO13SSi3/c1-36(37(2)69-73(62,63)55(56,57)58)33-41-27-30-45-54(35-59,68-41)34-42(64-45)24-23-39(66-50(61)38-21-19-18-20-22-38)26-29-44(70-74(12,13)51(3,4)5)47-49(72-76(16,17)53(9,10)11)48(71-75(14,15)52(6,7)8)46-43(67-47)28-25-40(65-46)31-32-60/h18-22,26,29,32,36,39-49H,2,23-25,27-28,30-31,33-35H2,1,3-17H3/t36?,39?,40-,41-,42+,43+,44?,45+,46+,47+,48+,49-,54-/m1/s1. The third kappa shape index (κ3) is 15.9. The van der Waals surface area contributed by atoms with Gasteiger partial charge in [0.25, 0.3) is 0 Å². The van der Waals surface area contributed by atoms with Gasteiger partial charge < -0.3 is 45.9 Å². The summed E-state index contributed by atoms with van der Waals surface area (Å²) in [4.78, 5) is 25.9. The van der Waals surface area contributed by atoms with Gasteiger partial charge in [0.2, 0.25) is 0 Å². The maximum atomic E-state index is 14.0. The number of aldehydes is 1. The third-order valence-electron chi connectivity index (χ3n) is 17.3. The lowest BCUT2D eigenvalue weighted by Crippen LogP contribution is -2.69. The molecule has 4 saturated heterocycles. The molecule has 1 aromatic rings. The van der Waals surface area contributed by atoms with Crippen LogP contribution in [0.2, 0.25) is 54.4 Å². The van der Waals surface area contributed by atoms with Crippen molar-refractivity contribution < 1.29 is 72.3 Å². The molecule has 0 N–H and O–H groups in total. The van der Waals surface area contributed by atoms with Crippen molar-refractivity contribution in [1.82, 2.24) is 0 Å². The molecule has 1 aromatic carbocycles. The Balaban J connectivity index is 1.52. The molecule has 0 aromatic heterocycles. The zero-order valence-corrected chi connectivity index (χ0v) is 54.0. The maximum absolute atomic E-state index is 14.0. The maximum Gasteiger partial charge on any atom is 0.534 e. The van der Waals surface area contributed by atoms with Crippen LogP contribution in [0.4, 0.5) is 13.2 Å². The van der Waals surface area contributed by atoms with Gasteiger partial charge in [-0.1, -0.05) is 123 Å². The number of halogens is 4. The fourth-order valence-electron chi connectivity index (χ4n) is 9.53. The van der Waals surface area contributed by atoms with E-state index in [2.05, 4.69) is 135 Å². The van der Waals surface area contributed by atoms with E-state index >= 15 is 0 Å². The Labute approximate surface area is 469 Å². The topological polar surface area (TPSA) is 151 Å². The average Bonchev–Trinajstić information content (AvgIpc) is 3.67. The molecule has 5 rings (SSSR count). The number of benzene rings is 1. The van der Waals surface area contributed by atoms with Crippen LogP contribution in [0, 0.1) is 5.92 Å². The minimum absolute atomic E-state index is 0.161. The average molecular weight is 1260 g/mol. The van der Waals surface area contributed by atoms with Crippen molar-refractivity contribution in [1.29, 1.82) is 0 Å². The van der Waals surface area contributed by atoms with Crippen molar-refractivity contribution in [2.45, 2.75) is 260 Å². The first-order chi connectivity index (χ1) is 34.8. The molecule has 0 amide bonds. The van der Waals surface area contributed by atoms with E-state index in [4.69, 9.17) is 37.0 Å². The summed E-state index contributed by atoms with van der Waals surface area (Å²) < 4.78 is 125. The van der Waals surface area contributed by atoms with Crippen LogP contribution in [0.25, 0.3) is 0 Å². The molecule has 4 fully saturated rings. The van der Waals surface area contributed by atoms with E-state index in [1.807, 2.05) is 18.2 Å². The fraction of sp³-hybridized carbons (Fsp3) is 0.782. The fourth-order valence-corrected chi connectivity index (χ4v) is 14.9. The lowest BCUT2D eigenvalue weighted by atomic mass is 9.85. The molecule has 434 valence electrons. The van der Waals surface area contributed by atoms with Gasteiger partial charge in [-0.3, -0.25) is 0 Å². The number of esters is 1. The number of hydrogen-bond donors (Lipinski definition) is 0. The number of hydrogen-bond acceptors (Lipinski definition) is 13. The number of carbonyl (C=O) groups is 2. The van der Waals surface area contributed by atoms with E-state index in [1.165, 1.54) is 0 Å². The molecule has 0 saturated carbocycles. The highest BCUT2D eigenvalue weighted by molar-refractivity contribution is 14.1. The summed E-state index contributed by atoms with van der Waals surface area (Å²) in [7, 11) is -13.6. The highest BCUT2D eigenvalue weighted by atomic mass is 127. The van der Waals surface area contributed by atoms with Gasteiger partial charge in [0.15, 0.2) is 25.0 Å². The molecular weight excluding hydrogens is 1170 g/mol. The van der Waals surface area contributed by atoms with E-state index in [-0.39, 0.29) is 52.4 Å². The van der Waals surface area contributed by atoms with Crippen molar-refractivity contribution in [2.75, 3.05) is 4.43 Å². The number of allylic oxidation sites excluding steroid dienone is 1. The Morgan fingerprint density at radius 2 is 1.39 bits per heavy atom. The number of carbonyl (C=O) groups excluding carboxylic acids is 2. The smallest absolute Gasteiger partial charge is 0.455 e. The van der Waals surface area contributed by atoms with Crippen molar-refractivity contribution in [2.24, 2.45) is 5.92 Å². The van der Waals surface area contributed by atoms with E-state index in [9.17, 15) is 31.2 Å². The second-order valence-electron chi connectivity index (χ2n) is 26.2. The van der Waals surface area contributed by atoms with Crippen LogP contribution in [-0.2, 0) is 56.1 Å². The second kappa shape index (κ2) is 24.9. The number of ether oxygens (including phenoxy) is 5. The molecule has 3 unspecified atom stereocenters. The highest BCUT2D eigenvalue weighted by Gasteiger charge is 2.58. The SMILES string of the molecule is C=C(OS(=O)(=O)C(F)(F)F)C(C)C[C@H]1CC[C@@H]2O[C@@H](CCC(C=CC(O[Si](C)(C)C(C)(C)C)[C@@H]3O[C@H]4CC[C@H](CC=O)O[C@@H]4[C@H](O[Si](C)(C)C(C)(C)C)[C@@H]3O[Si](C)(C)C(C)(C)C)OC(=O)c3ccccc3)C[C@]2(CI)O1. The zero-order chi connectivity index (χ0) is 57.3. The molecule has 4 aliphatic heterocycles. The summed E-state index contributed by atoms with van der Waals surface area (Å²) in [5.41, 5.74) is -5.88. The lowest BCUT2D eigenvalue weighted by Gasteiger charge is -2.56. The molecule has 0 aliphatic carbocycles. The van der Waals surface area contributed by atoms with Crippen LogP contribution in [0.15, 0.2) is 54.8 Å². The zero-order valence-electron chi connectivity index (χ0n) is 48.1. The lowest BCUT2D eigenvalue weighted by molar-refractivity contribution is -0.266. The Morgan fingerprint density at radius 1 is 0.816 bits per heavy atom. The molecule has 4 aliphatic rings. The Kier molecular flexibility index (Phi) is 21.4. The van der Waals surface area contributed by atoms with Crippen LogP contribution in [0.1, 0.15) is 137 Å². The summed E-state index contributed by atoms with van der Waals surface area (Å²) in [6, 6.07) is 8.86. The second-order valence-corrected chi connectivity index (χ2v) is 42.8. The van der Waals surface area contributed by atoms with Gasteiger partial charge in [-0.15, -0.1) is 0 Å². The number of rotatable bonds is 22. The first-order valence-electron chi connectivity index (χ1n) is 27.1. The van der Waals surface area contributed by atoms with Crippen molar-refractivity contribution >= 4 is 69.9 Å².